The first-order valence-electron chi connectivity index (χ1n) is 6.66. The molecule has 0 atom stereocenters. The number of rotatable bonds is 5. The van der Waals surface area contributed by atoms with Crippen LogP contribution in [0.3, 0.4) is 0 Å². The highest BCUT2D eigenvalue weighted by molar-refractivity contribution is 5.64. The zero-order valence-electron chi connectivity index (χ0n) is 12.4. The number of nitrogens with two attached hydrogens (primary N) is 1. The number of benzene rings is 1. The maximum atomic E-state index is 5.89. The summed E-state index contributed by atoms with van der Waals surface area (Å²) < 4.78 is 7.06. The van der Waals surface area contributed by atoms with Gasteiger partial charge in [0.2, 0.25) is 0 Å². The molecule has 0 unspecified atom stereocenters. The molecule has 0 spiro atoms. The van der Waals surface area contributed by atoms with Gasteiger partial charge in [-0.2, -0.15) is 0 Å². The molecule has 0 bridgehead atoms. The number of anilines is 1. The molecule has 0 aliphatic heterocycles. The standard InChI is InChI=1S/C14H21N5O/c1-5-14(2,3)9-19-13(16-17-18-19)10-6-11(15)8-12(7-10)20-4/h6-8H,5,9,15H2,1-4H3. The van der Waals surface area contributed by atoms with Crippen LogP contribution in [0, 0.1) is 5.41 Å². The summed E-state index contributed by atoms with van der Waals surface area (Å²) >= 11 is 0. The van der Waals surface area contributed by atoms with Crippen molar-refractivity contribution in [2.24, 2.45) is 5.41 Å². The molecule has 2 aromatic rings. The van der Waals surface area contributed by atoms with Crippen molar-refractivity contribution in [1.29, 1.82) is 0 Å². The number of aromatic nitrogens is 4. The monoisotopic (exact) mass is 275 g/mol. The second kappa shape index (κ2) is 5.48. The molecule has 2 rings (SSSR count). The molecule has 1 heterocycles. The third kappa shape index (κ3) is 3.07. The highest BCUT2D eigenvalue weighted by Gasteiger charge is 2.20. The van der Waals surface area contributed by atoms with Crippen molar-refractivity contribution < 1.29 is 4.74 Å². The van der Waals surface area contributed by atoms with Crippen molar-refractivity contribution in [1.82, 2.24) is 20.2 Å². The SMILES string of the molecule is CCC(C)(C)Cn1nnnc1-c1cc(N)cc(OC)c1. The number of tetrazole rings is 1. The molecule has 1 aromatic heterocycles. The number of methoxy groups -OCH3 is 1. The molecule has 20 heavy (non-hydrogen) atoms. The lowest BCUT2D eigenvalue weighted by Crippen LogP contribution is -2.20. The topological polar surface area (TPSA) is 78.9 Å². The van der Waals surface area contributed by atoms with E-state index < -0.39 is 0 Å². The Bertz CT molecular complexity index is 591. The summed E-state index contributed by atoms with van der Waals surface area (Å²) in [6, 6.07) is 5.51. The Morgan fingerprint density at radius 1 is 1.30 bits per heavy atom. The molecule has 0 amide bonds. The quantitative estimate of drug-likeness (QED) is 0.847. The minimum Gasteiger partial charge on any atom is -0.497 e. The van der Waals surface area contributed by atoms with Crippen molar-refractivity contribution in [2.75, 3.05) is 12.8 Å². The Morgan fingerprint density at radius 2 is 2.05 bits per heavy atom. The first kappa shape index (κ1) is 14.3. The summed E-state index contributed by atoms with van der Waals surface area (Å²) in [5.41, 5.74) is 7.51. The number of hydrogen-bond acceptors (Lipinski definition) is 5. The molecule has 0 aliphatic carbocycles. The van der Waals surface area contributed by atoms with Gasteiger partial charge in [0.1, 0.15) is 5.75 Å². The van der Waals surface area contributed by atoms with Crippen molar-refractivity contribution in [3.63, 3.8) is 0 Å². The number of nitrogens with zero attached hydrogens (tertiary/aromatic N) is 4. The number of nitrogen functional groups attached to an aromatic ring is 1. The molecule has 0 saturated heterocycles. The Labute approximate surface area is 118 Å². The van der Waals surface area contributed by atoms with E-state index in [1.165, 1.54) is 0 Å². The van der Waals surface area contributed by atoms with Gasteiger partial charge >= 0.3 is 0 Å². The molecular weight excluding hydrogens is 254 g/mol. The van der Waals surface area contributed by atoms with E-state index in [-0.39, 0.29) is 5.41 Å². The van der Waals surface area contributed by atoms with Gasteiger partial charge in [0.15, 0.2) is 5.82 Å². The van der Waals surface area contributed by atoms with Crippen LogP contribution in [0.4, 0.5) is 5.69 Å². The molecule has 0 saturated carbocycles. The average Bonchev–Trinajstić information content (AvgIpc) is 2.85. The maximum Gasteiger partial charge on any atom is 0.182 e. The molecule has 6 nitrogen and oxygen atoms in total. The summed E-state index contributed by atoms with van der Waals surface area (Å²) in [5.74, 6) is 1.40. The van der Waals surface area contributed by atoms with E-state index in [1.807, 2.05) is 16.8 Å². The third-order valence-electron chi connectivity index (χ3n) is 3.49. The van der Waals surface area contributed by atoms with Gasteiger partial charge in [-0.3, -0.25) is 0 Å². The van der Waals surface area contributed by atoms with Crippen LogP contribution < -0.4 is 10.5 Å². The van der Waals surface area contributed by atoms with Gasteiger partial charge in [0.25, 0.3) is 0 Å². The van der Waals surface area contributed by atoms with E-state index in [2.05, 4.69) is 36.3 Å². The zero-order valence-corrected chi connectivity index (χ0v) is 12.4. The van der Waals surface area contributed by atoms with Crippen LogP contribution in [0.2, 0.25) is 0 Å². The van der Waals surface area contributed by atoms with Crippen LogP contribution in [-0.2, 0) is 6.54 Å². The molecule has 0 fully saturated rings. The average molecular weight is 275 g/mol. The third-order valence-corrected chi connectivity index (χ3v) is 3.49. The maximum absolute atomic E-state index is 5.89. The Hall–Kier alpha value is -2.11. The van der Waals surface area contributed by atoms with E-state index in [0.29, 0.717) is 17.3 Å². The predicted octanol–water partition coefficient (Wildman–Crippen LogP) is 2.37. The lowest BCUT2D eigenvalue weighted by atomic mass is 9.90. The number of hydrogen-bond donors (Lipinski definition) is 1. The molecule has 2 N–H and O–H groups in total. The van der Waals surface area contributed by atoms with E-state index in [9.17, 15) is 0 Å². The molecule has 0 aliphatic rings. The van der Waals surface area contributed by atoms with Crippen molar-refractivity contribution in [3.8, 4) is 17.1 Å². The summed E-state index contributed by atoms with van der Waals surface area (Å²) in [4.78, 5) is 0. The Kier molecular flexibility index (Phi) is 3.92. The van der Waals surface area contributed by atoms with Gasteiger partial charge in [-0.1, -0.05) is 20.8 Å². The zero-order chi connectivity index (χ0) is 14.8. The highest BCUT2D eigenvalue weighted by atomic mass is 16.5. The van der Waals surface area contributed by atoms with E-state index in [1.54, 1.807) is 13.2 Å². The van der Waals surface area contributed by atoms with Crippen LogP contribution in [0.15, 0.2) is 18.2 Å². The Balaban J connectivity index is 2.39. The first-order valence-corrected chi connectivity index (χ1v) is 6.66. The summed E-state index contributed by atoms with van der Waals surface area (Å²) in [6.45, 7) is 7.30. The fourth-order valence-corrected chi connectivity index (χ4v) is 1.90. The molecule has 0 radical (unpaired) electrons. The van der Waals surface area contributed by atoms with Crippen LogP contribution in [0.1, 0.15) is 27.2 Å². The second-order valence-corrected chi connectivity index (χ2v) is 5.67. The second-order valence-electron chi connectivity index (χ2n) is 5.67. The van der Waals surface area contributed by atoms with Gasteiger partial charge in [0.05, 0.1) is 13.7 Å². The first-order chi connectivity index (χ1) is 9.45. The van der Waals surface area contributed by atoms with Crippen LogP contribution in [0.5, 0.6) is 5.75 Å². The molecule has 6 heteroatoms. The Morgan fingerprint density at radius 3 is 2.70 bits per heavy atom. The highest BCUT2D eigenvalue weighted by Crippen LogP contribution is 2.28. The molecule has 108 valence electrons. The van der Waals surface area contributed by atoms with Crippen molar-refractivity contribution in [2.45, 2.75) is 33.7 Å². The van der Waals surface area contributed by atoms with Gasteiger partial charge in [0, 0.05) is 17.3 Å². The molecule has 1 aromatic carbocycles. The van der Waals surface area contributed by atoms with Crippen LogP contribution in [-0.4, -0.2) is 27.3 Å². The minimum absolute atomic E-state index is 0.133. The summed E-state index contributed by atoms with van der Waals surface area (Å²) in [7, 11) is 1.61. The van der Waals surface area contributed by atoms with Crippen LogP contribution >= 0.6 is 0 Å². The van der Waals surface area contributed by atoms with Crippen molar-refractivity contribution in [3.05, 3.63) is 18.2 Å². The van der Waals surface area contributed by atoms with Gasteiger partial charge in [-0.05, 0) is 34.4 Å². The lowest BCUT2D eigenvalue weighted by Gasteiger charge is -2.22. The van der Waals surface area contributed by atoms with E-state index in [4.69, 9.17) is 10.5 Å². The van der Waals surface area contributed by atoms with Gasteiger partial charge in [-0.15, -0.1) is 5.10 Å². The van der Waals surface area contributed by atoms with Crippen molar-refractivity contribution >= 4 is 5.69 Å². The summed E-state index contributed by atoms with van der Waals surface area (Å²) in [5, 5.41) is 12.0. The normalized spacial score (nSPS) is 11.6. The fourth-order valence-electron chi connectivity index (χ4n) is 1.90. The largest absolute Gasteiger partial charge is 0.497 e. The fraction of sp³-hybridized carbons (Fsp3) is 0.500. The van der Waals surface area contributed by atoms with E-state index >= 15 is 0 Å². The van der Waals surface area contributed by atoms with Gasteiger partial charge < -0.3 is 10.5 Å². The van der Waals surface area contributed by atoms with Crippen LogP contribution in [0.25, 0.3) is 11.4 Å². The lowest BCUT2D eigenvalue weighted by molar-refractivity contribution is 0.279. The number of ether oxygens (including phenoxy) is 1. The van der Waals surface area contributed by atoms with E-state index in [0.717, 1.165) is 18.5 Å². The minimum atomic E-state index is 0.133. The molecular formula is C14H21N5O. The van der Waals surface area contributed by atoms with Gasteiger partial charge in [-0.25, -0.2) is 4.68 Å². The predicted molar refractivity (Wildman–Crippen MR) is 78.3 cm³/mol. The summed E-state index contributed by atoms with van der Waals surface area (Å²) in [6.07, 6.45) is 1.05. The smallest absolute Gasteiger partial charge is 0.182 e.